The van der Waals surface area contributed by atoms with Crippen molar-refractivity contribution < 1.29 is 19.4 Å². The fourth-order valence-electron chi connectivity index (χ4n) is 2.65. The molecule has 2 atom stereocenters. The molecule has 0 aliphatic rings. The predicted molar refractivity (Wildman–Crippen MR) is 85.1 cm³/mol. The van der Waals surface area contributed by atoms with Crippen LogP contribution in [0.4, 0.5) is 0 Å². The lowest BCUT2D eigenvalue weighted by Crippen LogP contribution is -2.35. The van der Waals surface area contributed by atoms with E-state index >= 15 is 0 Å². The maximum absolute atomic E-state index is 12.4. The van der Waals surface area contributed by atoms with Crippen LogP contribution in [0, 0.1) is 23.7 Å². The molecule has 0 aliphatic carbocycles. The monoisotopic (exact) mass is 306 g/mol. The topological polar surface area (TPSA) is 63.6 Å². The van der Waals surface area contributed by atoms with Gasteiger partial charge in [0.2, 0.25) is 0 Å². The highest BCUT2D eigenvalue weighted by atomic mass is 16.5. The average molecular weight is 306 g/mol. The highest BCUT2D eigenvalue weighted by Crippen LogP contribution is 2.29. The first-order valence-electron chi connectivity index (χ1n) is 7.76. The van der Waals surface area contributed by atoms with Gasteiger partial charge < -0.3 is 9.84 Å². The van der Waals surface area contributed by atoms with Crippen LogP contribution in [-0.2, 0) is 20.9 Å². The summed E-state index contributed by atoms with van der Waals surface area (Å²) in [5.41, 5.74) is 0.899. The van der Waals surface area contributed by atoms with Crippen LogP contribution in [0.15, 0.2) is 30.3 Å². The smallest absolute Gasteiger partial charge is 0.310 e. The van der Waals surface area contributed by atoms with E-state index in [1.165, 1.54) is 0 Å². The number of aliphatic carboxylic acids is 1. The fourth-order valence-corrected chi connectivity index (χ4v) is 2.65. The maximum Gasteiger partial charge on any atom is 0.310 e. The van der Waals surface area contributed by atoms with Crippen molar-refractivity contribution in [1.82, 2.24) is 0 Å². The number of carboxylic acids is 1. The van der Waals surface area contributed by atoms with Crippen molar-refractivity contribution >= 4 is 11.9 Å². The van der Waals surface area contributed by atoms with Gasteiger partial charge in [0.15, 0.2) is 0 Å². The second kappa shape index (κ2) is 8.57. The van der Waals surface area contributed by atoms with Crippen molar-refractivity contribution in [3.8, 4) is 0 Å². The standard InChI is InChI=1S/C18H26O4/c1-12(2)10-15(16(13(3)4)17(19)20)18(21)22-11-14-8-6-5-7-9-14/h5-9,12-13,15-16H,10-11H2,1-4H3,(H,19,20). The van der Waals surface area contributed by atoms with Gasteiger partial charge in [0.1, 0.15) is 6.61 Å². The van der Waals surface area contributed by atoms with Crippen molar-refractivity contribution in [3.63, 3.8) is 0 Å². The van der Waals surface area contributed by atoms with Gasteiger partial charge in [-0.2, -0.15) is 0 Å². The van der Waals surface area contributed by atoms with Crippen molar-refractivity contribution in [2.24, 2.45) is 23.7 Å². The molecule has 0 aromatic heterocycles. The Labute approximate surface area is 132 Å². The molecule has 1 rings (SSSR count). The third kappa shape index (κ3) is 5.51. The summed E-state index contributed by atoms with van der Waals surface area (Å²) in [5, 5.41) is 9.45. The van der Waals surface area contributed by atoms with Crippen molar-refractivity contribution in [1.29, 1.82) is 0 Å². The lowest BCUT2D eigenvalue weighted by atomic mass is 9.79. The Kier molecular flexibility index (Phi) is 7.09. The molecule has 0 radical (unpaired) electrons. The summed E-state index contributed by atoms with van der Waals surface area (Å²) >= 11 is 0. The van der Waals surface area contributed by atoms with E-state index in [-0.39, 0.29) is 18.4 Å². The van der Waals surface area contributed by atoms with Gasteiger partial charge in [-0.15, -0.1) is 0 Å². The first-order valence-corrected chi connectivity index (χ1v) is 7.76. The molecule has 4 nitrogen and oxygen atoms in total. The first-order chi connectivity index (χ1) is 10.3. The van der Waals surface area contributed by atoms with Crippen LogP contribution in [0.2, 0.25) is 0 Å². The molecule has 0 saturated heterocycles. The lowest BCUT2D eigenvalue weighted by Gasteiger charge is -2.26. The Morgan fingerprint density at radius 2 is 1.68 bits per heavy atom. The Balaban J connectivity index is 2.81. The number of ether oxygens (including phenoxy) is 1. The van der Waals surface area contributed by atoms with E-state index in [9.17, 15) is 14.7 Å². The summed E-state index contributed by atoms with van der Waals surface area (Å²) in [5.74, 6) is -2.57. The summed E-state index contributed by atoms with van der Waals surface area (Å²) in [6.45, 7) is 7.80. The zero-order valence-corrected chi connectivity index (χ0v) is 13.8. The molecule has 122 valence electrons. The van der Waals surface area contributed by atoms with E-state index in [2.05, 4.69) is 0 Å². The van der Waals surface area contributed by atoms with Gasteiger partial charge in [0.25, 0.3) is 0 Å². The fraction of sp³-hybridized carbons (Fsp3) is 0.556. The molecule has 0 fully saturated rings. The van der Waals surface area contributed by atoms with Gasteiger partial charge >= 0.3 is 11.9 Å². The van der Waals surface area contributed by atoms with Crippen LogP contribution >= 0.6 is 0 Å². The Morgan fingerprint density at radius 1 is 1.09 bits per heavy atom. The minimum atomic E-state index is -0.933. The molecule has 4 heteroatoms. The summed E-state index contributed by atoms with van der Waals surface area (Å²) in [6, 6.07) is 9.40. The quantitative estimate of drug-likeness (QED) is 0.743. The van der Waals surface area contributed by atoms with E-state index in [1.807, 2.05) is 58.0 Å². The number of benzene rings is 1. The molecular formula is C18H26O4. The van der Waals surface area contributed by atoms with Gasteiger partial charge in [0.05, 0.1) is 11.8 Å². The Bertz CT molecular complexity index is 479. The average Bonchev–Trinajstić information content (AvgIpc) is 2.44. The minimum Gasteiger partial charge on any atom is -0.481 e. The molecular weight excluding hydrogens is 280 g/mol. The van der Waals surface area contributed by atoms with Gasteiger partial charge in [-0.05, 0) is 23.8 Å². The van der Waals surface area contributed by atoms with Crippen LogP contribution in [0.1, 0.15) is 39.7 Å². The molecule has 1 aromatic rings. The number of esters is 1. The van der Waals surface area contributed by atoms with E-state index in [4.69, 9.17) is 4.74 Å². The highest BCUT2D eigenvalue weighted by Gasteiger charge is 2.37. The maximum atomic E-state index is 12.4. The van der Waals surface area contributed by atoms with Gasteiger partial charge in [-0.3, -0.25) is 9.59 Å². The third-order valence-electron chi connectivity index (χ3n) is 3.69. The summed E-state index contributed by atoms with van der Waals surface area (Å²) in [4.78, 5) is 24.0. The zero-order valence-electron chi connectivity index (χ0n) is 13.8. The number of carbonyl (C=O) groups is 2. The molecule has 0 saturated carbocycles. The van der Waals surface area contributed by atoms with Gasteiger partial charge in [0, 0.05) is 0 Å². The SMILES string of the molecule is CC(C)CC(C(=O)OCc1ccccc1)C(C(=O)O)C(C)C. The van der Waals surface area contributed by atoms with E-state index in [1.54, 1.807) is 0 Å². The van der Waals surface area contributed by atoms with Gasteiger partial charge in [-0.1, -0.05) is 58.0 Å². The van der Waals surface area contributed by atoms with E-state index in [0.717, 1.165) is 5.56 Å². The minimum absolute atomic E-state index is 0.120. The molecule has 2 unspecified atom stereocenters. The lowest BCUT2D eigenvalue weighted by molar-refractivity contribution is -0.161. The van der Waals surface area contributed by atoms with Crippen molar-refractivity contribution in [3.05, 3.63) is 35.9 Å². The van der Waals surface area contributed by atoms with Crippen LogP contribution in [0.25, 0.3) is 0 Å². The van der Waals surface area contributed by atoms with E-state index < -0.39 is 23.8 Å². The number of carboxylic acid groups (broad SMARTS) is 1. The molecule has 22 heavy (non-hydrogen) atoms. The number of hydrogen-bond acceptors (Lipinski definition) is 3. The Hall–Kier alpha value is -1.84. The molecule has 0 spiro atoms. The number of hydrogen-bond donors (Lipinski definition) is 1. The molecule has 0 heterocycles. The molecule has 0 bridgehead atoms. The van der Waals surface area contributed by atoms with Crippen LogP contribution in [-0.4, -0.2) is 17.0 Å². The highest BCUT2D eigenvalue weighted by molar-refractivity contribution is 5.81. The van der Waals surface area contributed by atoms with Crippen molar-refractivity contribution in [2.45, 2.75) is 40.7 Å². The third-order valence-corrected chi connectivity index (χ3v) is 3.69. The van der Waals surface area contributed by atoms with E-state index in [0.29, 0.717) is 6.42 Å². The molecule has 1 N–H and O–H groups in total. The largest absolute Gasteiger partial charge is 0.481 e. The molecule has 1 aromatic carbocycles. The second-order valence-corrected chi connectivity index (χ2v) is 6.44. The van der Waals surface area contributed by atoms with Crippen LogP contribution in [0.3, 0.4) is 0 Å². The molecule has 0 aliphatic heterocycles. The predicted octanol–water partition coefficient (Wildman–Crippen LogP) is 3.75. The number of carbonyl (C=O) groups excluding carboxylic acids is 1. The Morgan fingerprint density at radius 3 is 2.14 bits per heavy atom. The van der Waals surface area contributed by atoms with Crippen LogP contribution < -0.4 is 0 Å². The number of rotatable bonds is 8. The zero-order chi connectivity index (χ0) is 16.7. The van der Waals surface area contributed by atoms with Gasteiger partial charge in [-0.25, -0.2) is 0 Å². The summed E-state index contributed by atoms with van der Waals surface area (Å²) < 4.78 is 5.37. The normalized spacial score (nSPS) is 13.9. The second-order valence-electron chi connectivity index (χ2n) is 6.44. The van der Waals surface area contributed by atoms with Crippen molar-refractivity contribution in [2.75, 3.05) is 0 Å². The first kappa shape index (κ1) is 18.2. The van der Waals surface area contributed by atoms with Crippen LogP contribution in [0.5, 0.6) is 0 Å². The summed E-state index contributed by atoms with van der Waals surface area (Å²) in [6.07, 6.45) is 0.517. The molecule has 0 amide bonds. The summed E-state index contributed by atoms with van der Waals surface area (Å²) in [7, 11) is 0.